The maximum Gasteiger partial charge on any atom is 0.327 e. The molecule has 0 atom stereocenters. The smallest absolute Gasteiger partial charge is 0.327 e. The number of rotatable bonds is 5. The van der Waals surface area contributed by atoms with Crippen LogP contribution in [-0.4, -0.2) is 10.5 Å². The minimum atomic E-state index is -1.17. The standard InChI is InChI=1S/C12H16F2N2O2/c1-4-5-12(2,3)15-10-7-8(13)6-9(14)11(10)16(17)18/h6-7,15H,4-5H2,1-3H3. The molecule has 0 amide bonds. The number of hydrogen-bond donors (Lipinski definition) is 1. The SMILES string of the molecule is CCCC(C)(C)Nc1cc(F)cc(F)c1[N+](=O)[O-]. The number of nitro groups is 1. The number of halogens is 2. The van der Waals surface area contributed by atoms with Crippen LogP contribution >= 0.6 is 0 Å². The zero-order chi connectivity index (χ0) is 13.9. The third-order valence-corrected chi connectivity index (χ3v) is 2.56. The molecule has 4 nitrogen and oxygen atoms in total. The van der Waals surface area contributed by atoms with Crippen LogP contribution in [0.1, 0.15) is 33.6 Å². The van der Waals surface area contributed by atoms with Gasteiger partial charge in [-0.1, -0.05) is 13.3 Å². The van der Waals surface area contributed by atoms with E-state index in [1.54, 1.807) is 0 Å². The van der Waals surface area contributed by atoms with Crippen molar-refractivity contribution in [1.29, 1.82) is 0 Å². The summed E-state index contributed by atoms with van der Waals surface area (Å²) in [4.78, 5) is 9.95. The lowest BCUT2D eigenvalue weighted by atomic mass is 9.98. The number of nitro benzene ring substituents is 1. The lowest BCUT2D eigenvalue weighted by Crippen LogP contribution is -2.31. The second kappa shape index (κ2) is 5.29. The van der Waals surface area contributed by atoms with Crippen molar-refractivity contribution in [2.24, 2.45) is 0 Å². The highest BCUT2D eigenvalue weighted by molar-refractivity contribution is 5.63. The van der Waals surface area contributed by atoms with Gasteiger partial charge in [0.05, 0.1) is 4.92 Å². The van der Waals surface area contributed by atoms with Crippen molar-refractivity contribution in [1.82, 2.24) is 0 Å². The molecule has 0 aliphatic heterocycles. The number of benzene rings is 1. The molecule has 6 heteroatoms. The molecule has 0 saturated heterocycles. The van der Waals surface area contributed by atoms with E-state index in [4.69, 9.17) is 0 Å². The van der Waals surface area contributed by atoms with Gasteiger partial charge < -0.3 is 5.32 Å². The maximum atomic E-state index is 13.4. The van der Waals surface area contributed by atoms with Crippen molar-refractivity contribution in [2.45, 2.75) is 39.2 Å². The lowest BCUT2D eigenvalue weighted by Gasteiger charge is -2.26. The number of hydrogen-bond acceptors (Lipinski definition) is 3. The highest BCUT2D eigenvalue weighted by atomic mass is 19.1. The van der Waals surface area contributed by atoms with Gasteiger partial charge in [-0.15, -0.1) is 0 Å². The summed E-state index contributed by atoms with van der Waals surface area (Å²) in [6.07, 6.45) is 1.58. The first kappa shape index (κ1) is 14.3. The zero-order valence-electron chi connectivity index (χ0n) is 10.6. The molecular weight excluding hydrogens is 242 g/mol. The Kier molecular flexibility index (Phi) is 4.21. The second-order valence-electron chi connectivity index (χ2n) is 4.80. The van der Waals surface area contributed by atoms with Gasteiger partial charge in [0.25, 0.3) is 0 Å². The highest BCUT2D eigenvalue weighted by Crippen LogP contribution is 2.31. The minimum absolute atomic E-state index is 0.129. The minimum Gasteiger partial charge on any atom is -0.374 e. The predicted octanol–water partition coefficient (Wildman–Crippen LogP) is 3.86. The first-order chi connectivity index (χ1) is 8.26. The Bertz CT molecular complexity index is 462. The van der Waals surface area contributed by atoms with Crippen molar-refractivity contribution in [3.8, 4) is 0 Å². The number of nitrogens with zero attached hydrogens (tertiary/aromatic N) is 1. The van der Waals surface area contributed by atoms with Crippen LogP contribution in [0.15, 0.2) is 12.1 Å². The molecule has 0 aromatic heterocycles. The summed E-state index contributed by atoms with van der Waals surface area (Å²) in [5.74, 6) is -2.01. The second-order valence-corrected chi connectivity index (χ2v) is 4.80. The van der Waals surface area contributed by atoms with E-state index >= 15 is 0 Å². The van der Waals surface area contributed by atoms with Crippen LogP contribution in [-0.2, 0) is 0 Å². The highest BCUT2D eigenvalue weighted by Gasteiger charge is 2.26. The van der Waals surface area contributed by atoms with E-state index in [2.05, 4.69) is 5.32 Å². The molecule has 0 radical (unpaired) electrons. The topological polar surface area (TPSA) is 55.2 Å². The Hall–Kier alpha value is -1.72. The van der Waals surface area contributed by atoms with Gasteiger partial charge in [0.15, 0.2) is 0 Å². The molecule has 1 rings (SSSR count). The summed E-state index contributed by atoms with van der Waals surface area (Å²) in [6.45, 7) is 5.61. The molecule has 0 unspecified atom stereocenters. The van der Waals surface area contributed by atoms with Crippen molar-refractivity contribution in [3.63, 3.8) is 0 Å². The summed E-state index contributed by atoms with van der Waals surface area (Å²) in [5.41, 5.74) is -1.32. The Balaban J connectivity index is 3.19. The number of anilines is 1. The van der Waals surface area contributed by atoms with Gasteiger partial charge in [-0.2, -0.15) is 4.39 Å². The van der Waals surface area contributed by atoms with E-state index in [0.717, 1.165) is 18.9 Å². The normalized spacial score (nSPS) is 11.4. The van der Waals surface area contributed by atoms with Crippen LogP contribution in [0.3, 0.4) is 0 Å². The summed E-state index contributed by atoms with van der Waals surface area (Å²) >= 11 is 0. The summed E-state index contributed by atoms with van der Waals surface area (Å²) in [6, 6.07) is 1.45. The molecule has 0 aliphatic carbocycles. The third-order valence-electron chi connectivity index (χ3n) is 2.56. The molecule has 0 fully saturated rings. The van der Waals surface area contributed by atoms with E-state index in [-0.39, 0.29) is 5.69 Å². The number of nitrogens with one attached hydrogen (secondary N) is 1. The van der Waals surface area contributed by atoms with Crippen LogP contribution < -0.4 is 5.32 Å². The van der Waals surface area contributed by atoms with Crippen LogP contribution in [0.5, 0.6) is 0 Å². The van der Waals surface area contributed by atoms with Crippen molar-refractivity contribution >= 4 is 11.4 Å². The monoisotopic (exact) mass is 258 g/mol. The Labute approximate surface area is 104 Å². The summed E-state index contributed by atoms with van der Waals surface area (Å²) in [5, 5.41) is 13.6. The van der Waals surface area contributed by atoms with Gasteiger partial charge in [0.1, 0.15) is 11.5 Å². The molecule has 0 aliphatic rings. The van der Waals surface area contributed by atoms with Gasteiger partial charge in [-0.05, 0) is 20.3 Å². The van der Waals surface area contributed by atoms with Crippen LogP contribution in [0.25, 0.3) is 0 Å². The summed E-state index contributed by atoms with van der Waals surface area (Å²) < 4.78 is 26.5. The molecule has 18 heavy (non-hydrogen) atoms. The fraction of sp³-hybridized carbons (Fsp3) is 0.500. The molecule has 1 aromatic rings. The predicted molar refractivity (Wildman–Crippen MR) is 65.6 cm³/mol. The van der Waals surface area contributed by atoms with E-state index < -0.39 is 27.8 Å². The Morgan fingerprint density at radius 1 is 1.39 bits per heavy atom. The largest absolute Gasteiger partial charge is 0.374 e. The van der Waals surface area contributed by atoms with Gasteiger partial charge in [0.2, 0.25) is 5.82 Å². The zero-order valence-corrected chi connectivity index (χ0v) is 10.6. The first-order valence-corrected chi connectivity index (χ1v) is 5.68. The molecule has 0 saturated carbocycles. The van der Waals surface area contributed by atoms with Crippen LogP contribution in [0, 0.1) is 21.7 Å². The van der Waals surface area contributed by atoms with Crippen LogP contribution in [0.4, 0.5) is 20.2 Å². The van der Waals surface area contributed by atoms with Gasteiger partial charge in [-0.3, -0.25) is 10.1 Å². The quantitative estimate of drug-likeness (QED) is 0.644. The molecule has 0 heterocycles. The fourth-order valence-electron chi connectivity index (χ4n) is 1.90. The van der Waals surface area contributed by atoms with E-state index in [0.29, 0.717) is 6.07 Å². The summed E-state index contributed by atoms with van der Waals surface area (Å²) in [7, 11) is 0. The van der Waals surface area contributed by atoms with Crippen molar-refractivity contribution in [3.05, 3.63) is 33.9 Å². The first-order valence-electron chi connectivity index (χ1n) is 5.68. The van der Waals surface area contributed by atoms with E-state index in [1.165, 1.54) is 0 Å². The van der Waals surface area contributed by atoms with Gasteiger partial charge >= 0.3 is 5.69 Å². The lowest BCUT2D eigenvalue weighted by molar-refractivity contribution is -0.386. The fourth-order valence-corrected chi connectivity index (χ4v) is 1.90. The van der Waals surface area contributed by atoms with Gasteiger partial charge in [-0.25, -0.2) is 4.39 Å². The molecular formula is C12H16F2N2O2. The van der Waals surface area contributed by atoms with Crippen molar-refractivity contribution in [2.75, 3.05) is 5.32 Å². The van der Waals surface area contributed by atoms with Crippen LogP contribution in [0.2, 0.25) is 0 Å². The van der Waals surface area contributed by atoms with E-state index in [9.17, 15) is 18.9 Å². The average molecular weight is 258 g/mol. The third kappa shape index (κ3) is 3.38. The maximum absolute atomic E-state index is 13.4. The van der Waals surface area contributed by atoms with E-state index in [1.807, 2.05) is 20.8 Å². The van der Waals surface area contributed by atoms with Gasteiger partial charge in [0, 0.05) is 17.7 Å². The Morgan fingerprint density at radius 2 is 2.00 bits per heavy atom. The average Bonchev–Trinajstić information content (AvgIpc) is 2.13. The molecule has 1 N–H and O–H groups in total. The molecule has 100 valence electrons. The molecule has 0 bridgehead atoms. The van der Waals surface area contributed by atoms with Crippen molar-refractivity contribution < 1.29 is 13.7 Å². The Morgan fingerprint density at radius 3 is 2.50 bits per heavy atom. The molecule has 0 spiro atoms. The molecule has 1 aromatic carbocycles.